The van der Waals surface area contributed by atoms with Crippen LogP contribution in [-0.2, 0) is 5.41 Å². The van der Waals surface area contributed by atoms with Gasteiger partial charge in [-0.15, -0.1) is 0 Å². The van der Waals surface area contributed by atoms with Crippen LogP contribution in [0.15, 0.2) is 194 Å². The molecule has 4 nitrogen and oxygen atoms in total. The minimum absolute atomic E-state index is 0.0327. The van der Waals surface area contributed by atoms with Gasteiger partial charge in [-0.1, -0.05) is 159 Å². The van der Waals surface area contributed by atoms with Gasteiger partial charge < -0.3 is 0 Å². The highest BCUT2D eigenvalue weighted by molar-refractivity contribution is 5.86. The number of fused-ring (bicyclic) bond motifs is 5. The summed E-state index contributed by atoms with van der Waals surface area (Å²) in [6, 6.07) is 67.1. The lowest BCUT2D eigenvalue weighted by Crippen LogP contribution is -2.28. The lowest BCUT2D eigenvalue weighted by molar-refractivity contribution is 0.353. The second-order valence-electron chi connectivity index (χ2n) is 16.7. The Hall–Kier alpha value is -7.74. The highest BCUT2D eigenvalue weighted by atomic mass is 14.9. The van der Waals surface area contributed by atoms with Crippen molar-refractivity contribution in [2.75, 3.05) is 0 Å². The SMILES string of the molecule is N#Cc1ccc2c(c1)-c1ccc(-c3cccc(-c4ccc(-c5cccc(-c6cc(-c7ccc(-c8cccnc8)cc7)nc(-c7ccccc7)n6)c5)cc4)c3)cc1C21CCCCC1. The Morgan fingerprint density at radius 2 is 0.968 bits per heavy atom. The molecule has 1 saturated carbocycles. The molecule has 1 fully saturated rings. The van der Waals surface area contributed by atoms with E-state index in [9.17, 15) is 5.26 Å². The van der Waals surface area contributed by atoms with Crippen molar-refractivity contribution >= 4 is 0 Å². The van der Waals surface area contributed by atoms with Crippen molar-refractivity contribution in [3.05, 3.63) is 211 Å². The molecule has 0 atom stereocenters. The van der Waals surface area contributed by atoms with Gasteiger partial charge in [0.2, 0.25) is 0 Å². The number of hydrogen-bond acceptors (Lipinski definition) is 4. The summed E-state index contributed by atoms with van der Waals surface area (Å²) in [6.45, 7) is 0. The predicted molar refractivity (Wildman–Crippen MR) is 252 cm³/mol. The van der Waals surface area contributed by atoms with Crippen molar-refractivity contribution in [2.45, 2.75) is 37.5 Å². The van der Waals surface area contributed by atoms with Gasteiger partial charge in [0.25, 0.3) is 0 Å². The zero-order valence-corrected chi connectivity index (χ0v) is 34.3. The molecule has 2 aliphatic rings. The molecule has 294 valence electrons. The number of hydrogen-bond donors (Lipinski definition) is 0. The smallest absolute Gasteiger partial charge is 0.160 e. The second-order valence-corrected chi connectivity index (χ2v) is 16.7. The van der Waals surface area contributed by atoms with Gasteiger partial charge in [0.15, 0.2) is 5.82 Å². The first-order chi connectivity index (χ1) is 30.6. The molecule has 0 amide bonds. The molecule has 1 spiro atoms. The topological polar surface area (TPSA) is 62.5 Å². The van der Waals surface area contributed by atoms with Crippen LogP contribution in [0.3, 0.4) is 0 Å². The Balaban J connectivity index is 0.891. The lowest BCUT2D eigenvalue weighted by atomic mass is 9.67. The lowest BCUT2D eigenvalue weighted by Gasteiger charge is -2.36. The van der Waals surface area contributed by atoms with E-state index in [-0.39, 0.29) is 5.41 Å². The molecular weight excluding hydrogens is 753 g/mol. The summed E-state index contributed by atoms with van der Waals surface area (Å²) in [5.41, 5.74) is 20.2. The molecule has 2 aromatic heterocycles. The highest BCUT2D eigenvalue weighted by Crippen LogP contribution is 2.56. The number of aromatic nitrogens is 3. The molecule has 0 N–H and O–H groups in total. The first-order valence-corrected chi connectivity index (χ1v) is 21.6. The number of pyridine rings is 1. The first-order valence-electron chi connectivity index (χ1n) is 21.6. The van der Waals surface area contributed by atoms with Crippen LogP contribution in [0.2, 0.25) is 0 Å². The van der Waals surface area contributed by atoms with E-state index in [0.717, 1.165) is 68.7 Å². The summed E-state index contributed by atoms with van der Waals surface area (Å²) >= 11 is 0. The van der Waals surface area contributed by atoms with E-state index in [1.54, 1.807) is 6.20 Å². The van der Waals surface area contributed by atoms with Crippen LogP contribution in [0.4, 0.5) is 0 Å². The van der Waals surface area contributed by atoms with E-state index in [4.69, 9.17) is 9.97 Å². The molecule has 4 heteroatoms. The molecule has 62 heavy (non-hydrogen) atoms. The van der Waals surface area contributed by atoms with E-state index < -0.39 is 0 Å². The molecule has 9 aromatic rings. The molecule has 7 aromatic carbocycles. The van der Waals surface area contributed by atoms with Crippen molar-refractivity contribution in [1.82, 2.24) is 15.0 Å². The Kier molecular flexibility index (Phi) is 9.44. The van der Waals surface area contributed by atoms with E-state index in [1.165, 1.54) is 63.8 Å². The Morgan fingerprint density at radius 1 is 0.403 bits per heavy atom. The molecule has 0 unspecified atom stereocenters. The van der Waals surface area contributed by atoms with Crippen molar-refractivity contribution in [1.29, 1.82) is 5.26 Å². The summed E-state index contributed by atoms with van der Waals surface area (Å²) in [4.78, 5) is 14.5. The summed E-state index contributed by atoms with van der Waals surface area (Å²) in [7, 11) is 0. The fourth-order valence-corrected chi connectivity index (χ4v) is 9.87. The van der Waals surface area contributed by atoms with Crippen LogP contribution < -0.4 is 0 Å². The zero-order chi connectivity index (χ0) is 41.5. The van der Waals surface area contributed by atoms with Crippen LogP contribution in [0.1, 0.15) is 48.8 Å². The molecule has 2 aliphatic carbocycles. The monoisotopic (exact) mass is 794 g/mol. The van der Waals surface area contributed by atoms with Gasteiger partial charge in [0, 0.05) is 34.5 Å². The maximum atomic E-state index is 9.72. The summed E-state index contributed by atoms with van der Waals surface area (Å²) in [6.07, 6.45) is 9.76. The van der Waals surface area contributed by atoms with Crippen LogP contribution in [0.5, 0.6) is 0 Å². The van der Waals surface area contributed by atoms with Crippen molar-refractivity contribution in [3.63, 3.8) is 0 Å². The molecule has 2 heterocycles. The average molecular weight is 795 g/mol. The van der Waals surface area contributed by atoms with Crippen LogP contribution in [0.25, 0.3) is 89.5 Å². The van der Waals surface area contributed by atoms with E-state index in [1.807, 2.05) is 36.5 Å². The minimum Gasteiger partial charge on any atom is -0.264 e. The maximum Gasteiger partial charge on any atom is 0.160 e. The summed E-state index contributed by atoms with van der Waals surface area (Å²) in [5, 5.41) is 9.72. The third kappa shape index (κ3) is 6.79. The molecule has 0 aliphatic heterocycles. The average Bonchev–Trinajstić information content (AvgIpc) is 3.61. The highest BCUT2D eigenvalue weighted by Gasteiger charge is 2.43. The number of nitrogens with zero attached hydrogens (tertiary/aromatic N) is 4. The van der Waals surface area contributed by atoms with Gasteiger partial charge in [0.1, 0.15) is 0 Å². The number of rotatable bonds is 7. The Labute approximate surface area is 362 Å². The molecule has 11 rings (SSSR count). The van der Waals surface area contributed by atoms with Gasteiger partial charge >= 0.3 is 0 Å². The fraction of sp³-hybridized carbons (Fsp3) is 0.103. The first kappa shape index (κ1) is 37.3. The molecule has 0 radical (unpaired) electrons. The fourth-order valence-electron chi connectivity index (χ4n) is 9.87. The van der Waals surface area contributed by atoms with Crippen molar-refractivity contribution in [3.8, 4) is 95.6 Å². The Bertz CT molecular complexity index is 3140. The molecule has 0 saturated heterocycles. The molecular formula is C58H42N4. The zero-order valence-electron chi connectivity index (χ0n) is 34.3. The normalized spacial score (nSPS) is 13.6. The van der Waals surface area contributed by atoms with Gasteiger partial charge in [0.05, 0.1) is 23.0 Å². The second kappa shape index (κ2) is 15.7. The quantitative estimate of drug-likeness (QED) is 0.161. The summed E-state index contributed by atoms with van der Waals surface area (Å²) < 4.78 is 0. The van der Waals surface area contributed by atoms with Gasteiger partial charge in [-0.05, 0) is 122 Å². The van der Waals surface area contributed by atoms with Crippen LogP contribution >= 0.6 is 0 Å². The summed E-state index contributed by atoms with van der Waals surface area (Å²) in [5.74, 6) is 0.694. The van der Waals surface area contributed by atoms with E-state index in [2.05, 4.69) is 163 Å². The molecule has 0 bridgehead atoms. The predicted octanol–water partition coefficient (Wildman–Crippen LogP) is 14.6. The van der Waals surface area contributed by atoms with Crippen molar-refractivity contribution in [2.24, 2.45) is 0 Å². The Morgan fingerprint density at radius 3 is 1.65 bits per heavy atom. The third-order valence-electron chi connectivity index (χ3n) is 13.0. The standard InChI is InChI=1S/C58H42N4/c59-37-39-17-28-53-52(32-39)51-27-26-48(35-54(51)58(53)29-5-2-6-30-58)47-14-7-12-45(33-47)40-18-20-41(21-19-40)46-13-8-15-49(34-46)56-36-55(61-57(62-56)44-10-3-1-4-11-44)43-24-22-42(23-25-43)50-16-9-31-60-38-50/h1,3-4,7-28,31-36,38H,2,5-6,29-30H2. The van der Waals surface area contributed by atoms with Crippen molar-refractivity contribution < 1.29 is 0 Å². The third-order valence-corrected chi connectivity index (χ3v) is 13.0. The minimum atomic E-state index is 0.0327. The van der Waals surface area contributed by atoms with Crippen LogP contribution in [-0.4, -0.2) is 15.0 Å². The van der Waals surface area contributed by atoms with Gasteiger partial charge in [-0.25, -0.2) is 9.97 Å². The van der Waals surface area contributed by atoms with Gasteiger partial charge in [-0.3, -0.25) is 4.98 Å². The number of benzene rings is 7. The van der Waals surface area contributed by atoms with Crippen LogP contribution in [0, 0.1) is 11.3 Å². The largest absolute Gasteiger partial charge is 0.264 e. The van der Waals surface area contributed by atoms with Gasteiger partial charge in [-0.2, -0.15) is 5.26 Å². The van der Waals surface area contributed by atoms with E-state index >= 15 is 0 Å². The number of nitriles is 1. The van der Waals surface area contributed by atoms with E-state index in [0.29, 0.717) is 5.82 Å². The maximum absolute atomic E-state index is 9.72.